The molecule has 0 spiro atoms. The Kier molecular flexibility index (Phi) is 7.01. The van der Waals surface area contributed by atoms with Crippen LogP contribution in [0.3, 0.4) is 0 Å². The third-order valence-electron chi connectivity index (χ3n) is 3.68. The Bertz CT molecular complexity index is 727. The molecule has 0 unspecified atom stereocenters. The average Bonchev–Trinajstić information content (AvgIpc) is 2.63. The van der Waals surface area contributed by atoms with Crippen LogP contribution in [0.1, 0.15) is 34.3 Å². The SMILES string of the molecule is COC(=O)CCCNC(=O)c1ccccc1OCc1cccc(C)c1. The van der Waals surface area contributed by atoms with Gasteiger partial charge in [-0.05, 0) is 31.0 Å². The van der Waals surface area contributed by atoms with Gasteiger partial charge in [-0.15, -0.1) is 0 Å². The number of methoxy groups -OCH3 is 1. The molecule has 0 aliphatic carbocycles. The molecular weight excluding hydrogens is 318 g/mol. The second-order valence-corrected chi connectivity index (χ2v) is 5.71. The molecule has 132 valence electrons. The van der Waals surface area contributed by atoms with E-state index in [0.717, 1.165) is 11.1 Å². The molecule has 1 N–H and O–H groups in total. The molecule has 1 amide bonds. The Morgan fingerprint density at radius 3 is 2.64 bits per heavy atom. The Morgan fingerprint density at radius 2 is 1.88 bits per heavy atom. The summed E-state index contributed by atoms with van der Waals surface area (Å²) in [4.78, 5) is 23.4. The van der Waals surface area contributed by atoms with E-state index in [-0.39, 0.29) is 18.3 Å². The van der Waals surface area contributed by atoms with Crippen LogP contribution in [0.15, 0.2) is 48.5 Å². The molecule has 0 aromatic heterocycles. The highest BCUT2D eigenvalue weighted by molar-refractivity contribution is 5.96. The smallest absolute Gasteiger partial charge is 0.305 e. The van der Waals surface area contributed by atoms with Crippen LogP contribution in [0.5, 0.6) is 5.75 Å². The predicted molar refractivity (Wildman–Crippen MR) is 95.5 cm³/mol. The standard InChI is InChI=1S/C20H23NO4/c1-15-7-5-8-16(13-15)14-25-18-10-4-3-9-17(18)20(23)21-12-6-11-19(22)24-2/h3-5,7-10,13H,6,11-12,14H2,1-2H3,(H,21,23). The number of carbonyl (C=O) groups excluding carboxylic acids is 2. The summed E-state index contributed by atoms with van der Waals surface area (Å²) in [7, 11) is 1.35. The zero-order valence-electron chi connectivity index (χ0n) is 14.6. The minimum atomic E-state index is -0.281. The van der Waals surface area contributed by atoms with Crippen molar-refractivity contribution in [2.45, 2.75) is 26.4 Å². The molecule has 2 aromatic carbocycles. The van der Waals surface area contributed by atoms with Gasteiger partial charge in [0.25, 0.3) is 5.91 Å². The van der Waals surface area contributed by atoms with E-state index in [9.17, 15) is 9.59 Å². The number of carbonyl (C=O) groups is 2. The topological polar surface area (TPSA) is 64.6 Å². The quantitative estimate of drug-likeness (QED) is 0.591. The summed E-state index contributed by atoms with van der Waals surface area (Å²) in [6, 6.07) is 15.2. The van der Waals surface area contributed by atoms with Crippen LogP contribution in [0.4, 0.5) is 0 Å². The van der Waals surface area contributed by atoms with E-state index in [4.69, 9.17) is 4.74 Å². The van der Waals surface area contributed by atoms with Crippen LogP contribution in [-0.2, 0) is 16.1 Å². The molecule has 0 bridgehead atoms. The Morgan fingerprint density at radius 1 is 1.08 bits per heavy atom. The molecule has 0 heterocycles. The molecule has 0 saturated heterocycles. The van der Waals surface area contributed by atoms with Crippen molar-refractivity contribution in [3.63, 3.8) is 0 Å². The zero-order chi connectivity index (χ0) is 18.1. The van der Waals surface area contributed by atoms with Crippen LogP contribution < -0.4 is 10.1 Å². The van der Waals surface area contributed by atoms with Crippen LogP contribution in [0.25, 0.3) is 0 Å². The summed E-state index contributed by atoms with van der Waals surface area (Å²) in [5, 5.41) is 2.80. The molecule has 2 rings (SSSR count). The molecule has 0 aliphatic rings. The highest BCUT2D eigenvalue weighted by atomic mass is 16.5. The summed E-state index contributed by atoms with van der Waals surface area (Å²) < 4.78 is 10.4. The highest BCUT2D eigenvalue weighted by Gasteiger charge is 2.12. The van der Waals surface area contributed by atoms with Crippen LogP contribution in [0, 0.1) is 6.92 Å². The first kappa shape index (κ1) is 18.5. The molecule has 25 heavy (non-hydrogen) atoms. The van der Waals surface area contributed by atoms with Gasteiger partial charge in [0.15, 0.2) is 0 Å². The lowest BCUT2D eigenvalue weighted by molar-refractivity contribution is -0.140. The first-order valence-electron chi connectivity index (χ1n) is 8.22. The minimum absolute atomic E-state index is 0.218. The Hall–Kier alpha value is -2.82. The number of rotatable bonds is 8. The van der Waals surface area contributed by atoms with Crippen molar-refractivity contribution < 1.29 is 19.1 Å². The van der Waals surface area contributed by atoms with Crippen molar-refractivity contribution in [3.05, 3.63) is 65.2 Å². The van der Waals surface area contributed by atoms with Gasteiger partial charge >= 0.3 is 5.97 Å². The monoisotopic (exact) mass is 341 g/mol. The molecule has 2 aromatic rings. The molecule has 0 fully saturated rings. The summed E-state index contributed by atoms with van der Waals surface area (Å²) >= 11 is 0. The van der Waals surface area contributed by atoms with Gasteiger partial charge in [0.2, 0.25) is 0 Å². The largest absolute Gasteiger partial charge is 0.488 e. The summed E-state index contributed by atoms with van der Waals surface area (Å²) in [5.74, 6) is 0.0373. The number of nitrogens with one attached hydrogen (secondary N) is 1. The molecule has 5 nitrogen and oxygen atoms in total. The summed E-state index contributed by atoms with van der Waals surface area (Å²) in [6.07, 6.45) is 0.813. The number of aryl methyl sites for hydroxylation is 1. The lowest BCUT2D eigenvalue weighted by Crippen LogP contribution is -2.25. The fourth-order valence-corrected chi connectivity index (χ4v) is 2.38. The van der Waals surface area contributed by atoms with Crippen molar-refractivity contribution >= 4 is 11.9 Å². The number of hydrogen-bond acceptors (Lipinski definition) is 4. The van der Waals surface area contributed by atoms with Gasteiger partial charge in [-0.25, -0.2) is 0 Å². The number of ether oxygens (including phenoxy) is 2. The number of benzene rings is 2. The third kappa shape index (κ3) is 5.95. The van der Waals surface area contributed by atoms with E-state index in [0.29, 0.717) is 30.9 Å². The van der Waals surface area contributed by atoms with Crippen LogP contribution in [-0.4, -0.2) is 25.5 Å². The van der Waals surface area contributed by atoms with Crippen molar-refractivity contribution in [3.8, 4) is 5.75 Å². The van der Waals surface area contributed by atoms with Crippen LogP contribution in [0.2, 0.25) is 0 Å². The van der Waals surface area contributed by atoms with E-state index in [2.05, 4.69) is 16.1 Å². The van der Waals surface area contributed by atoms with E-state index >= 15 is 0 Å². The lowest BCUT2D eigenvalue weighted by Gasteiger charge is -2.12. The Labute approximate surface area is 148 Å². The highest BCUT2D eigenvalue weighted by Crippen LogP contribution is 2.19. The number of amides is 1. The average molecular weight is 341 g/mol. The van der Waals surface area contributed by atoms with Crippen molar-refractivity contribution in [1.29, 1.82) is 0 Å². The van der Waals surface area contributed by atoms with E-state index in [1.54, 1.807) is 18.2 Å². The van der Waals surface area contributed by atoms with Crippen LogP contribution >= 0.6 is 0 Å². The van der Waals surface area contributed by atoms with Gasteiger partial charge in [-0.2, -0.15) is 0 Å². The first-order chi connectivity index (χ1) is 12.1. The van der Waals surface area contributed by atoms with E-state index < -0.39 is 0 Å². The number of esters is 1. The summed E-state index contributed by atoms with van der Waals surface area (Å²) in [6.45, 7) is 2.83. The lowest BCUT2D eigenvalue weighted by atomic mass is 10.1. The van der Waals surface area contributed by atoms with Crippen molar-refractivity contribution in [2.24, 2.45) is 0 Å². The number of para-hydroxylation sites is 1. The van der Waals surface area contributed by atoms with Gasteiger partial charge in [-0.1, -0.05) is 42.0 Å². The summed E-state index contributed by atoms with van der Waals surface area (Å²) in [5.41, 5.74) is 2.69. The second-order valence-electron chi connectivity index (χ2n) is 5.71. The normalized spacial score (nSPS) is 10.2. The minimum Gasteiger partial charge on any atom is -0.488 e. The molecule has 0 aliphatic heterocycles. The molecule has 0 radical (unpaired) electrons. The first-order valence-corrected chi connectivity index (χ1v) is 8.22. The van der Waals surface area contributed by atoms with Gasteiger partial charge in [0.05, 0.1) is 12.7 Å². The maximum absolute atomic E-state index is 12.3. The fourth-order valence-electron chi connectivity index (χ4n) is 2.38. The number of hydrogen-bond donors (Lipinski definition) is 1. The van der Waals surface area contributed by atoms with Crippen molar-refractivity contribution in [2.75, 3.05) is 13.7 Å². The van der Waals surface area contributed by atoms with Gasteiger partial charge in [0, 0.05) is 13.0 Å². The van der Waals surface area contributed by atoms with Gasteiger partial charge in [-0.3, -0.25) is 9.59 Å². The third-order valence-corrected chi connectivity index (χ3v) is 3.68. The molecule has 0 saturated carbocycles. The van der Waals surface area contributed by atoms with E-state index in [1.165, 1.54) is 7.11 Å². The molecule has 0 atom stereocenters. The predicted octanol–water partition coefficient (Wildman–Crippen LogP) is 3.26. The maximum Gasteiger partial charge on any atom is 0.305 e. The molecular formula is C20H23NO4. The van der Waals surface area contributed by atoms with E-state index in [1.807, 2.05) is 31.2 Å². The van der Waals surface area contributed by atoms with Gasteiger partial charge < -0.3 is 14.8 Å². The fraction of sp³-hybridized carbons (Fsp3) is 0.300. The zero-order valence-corrected chi connectivity index (χ0v) is 14.6. The van der Waals surface area contributed by atoms with Crippen molar-refractivity contribution in [1.82, 2.24) is 5.32 Å². The van der Waals surface area contributed by atoms with Gasteiger partial charge in [0.1, 0.15) is 12.4 Å². The maximum atomic E-state index is 12.3. The Balaban J connectivity index is 1.92. The molecule has 5 heteroatoms. The second kappa shape index (κ2) is 9.47.